The number of amides is 1. The first kappa shape index (κ1) is 17.8. The minimum Gasteiger partial charge on any atom is -0.289 e. The largest absolute Gasteiger partial charge is 0.289 e. The van der Waals surface area contributed by atoms with Gasteiger partial charge in [0.2, 0.25) is 20.9 Å². The molecule has 0 saturated heterocycles. The first-order valence-corrected chi connectivity index (χ1v) is 9.72. The lowest BCUT2D eigenvalue weighted by molar-refractivity contribution is 0.102. The van der Waals surface area contributed by atoms with E-state index in [4.69, 9.17) is 0 Å². The summed E-state index contributed by atoms with van der Waals surface area (Å²) in [5.74, 6) is -0.686. The van der Waals surface area contributed by atoms with Crippen LogP contribution in [-0.2, 0) is 22.0 Å². The summed E-state index contributed by atoms with van der Waals surface area (Å²) in [6.45, 7) is 2.03. The Morgan fingerprint density at radius 3 is 2.38 bits per heavy atom. The molecule has 0 fully saturated rings. The number of aromatic nitrogens is 3. The molecule has 1 amide bonds. The molecule has 7 nitrogen and oxygen atoms in total. The van der Waals surface area contributed by atoms with Crippen molar-refractivity contribution in [1.29, 1.82) is 0 Å². The van der Waals surface area contributed by atoms with Gasteiger partial charge in [-0.25, -0.2) is 13.5 Å². The number of benzene rings is 2. The quantitative estimate of drug-likeness (QED) is 0.694. The Bertz CT molecular complexity index is 996. The summed E-state index contributed by atoms with van der Waals surface area (Å²) in [5, 5.41) is 8.37. The van der Waals surface area contributed by atoms with E-state index in [0.717, 1.165) is 12.0 Å². The number of sulfone groups is 1. The third kappa shape index (κ3) is 4.15. The maximum absolute atomic E-state index is 12.4. The van der Waals surface area contributed by atoms with Crippen LogP contribution in [0.15, 0.2) is 59.8 Å². The second kappa shape index (κ2) is 7.49. The minimum atomic E-state index is -3.68. The number of aromatic amines is 1. The Balaban J connectivity index is 1.71. The molecule has 2 N–H and O–H groups in total. The van der Waals surface area contributed by atoms with Gasteiger partial charge in [0, 0.05) is 5.56 Å². The van der Waals surface area contributed by atoms with Crippen molar-refractivity contribution in [3.05, 3.63) is 71.3 Å². The predicted octanol–water partition coefficient (Wildman–Crippen LogP) is 2.59. The van der Waals surface area contributed by atoms with Gasteiger partial charge < -0.3 is 0 Å². The summed E-state index contributed by atoms with van der Waals surface area (Å²) in [6.07, 6.45) is 0.880. The summed E-state index contributed by atoms with van der Waals surface area (Å²) in [4.78, 5) is 16.1. The third-order valence-corrected chi connectivity index (χ3v) is 5.29. The number of rotatable bonds is 6. The van der Waals surface area contributed by atoms with Gasteiger partial charge in [0.25, 0.3) is 5.91 Å². The average Bonchev–Trinajstić information content (AvgIpc) is 3.12. The van der Waals surface area contributed by atoms with Crippen LogP contribution in [0.3, 0.4) is 0 Å². The summed E-state index contributed by atoms with van der Waals surface area (Å²) < 4.78 is 24.8. The van der Waals surface area contributed by atoms with Gasteiger partial charge in [-0.05, 0) is 29.7 Å². The highest BCUT2D eigenvalue weighted by Gasteiger charge is 2.21. The number of nitrogens with zero attached hydrogens (tertiary/aromatic N) is 2. The SMILES string of the molecule is CCc1ccc(C(=O)Nc2n[nH]c(S(=O)(=O)Cc3ccccc3)n2)cc1. The summed E-state index contributed by atoms with van der Waals surface area (Å²) in [7, 11) is -3.68. The first-order chi connectivity index (χ1) is 12.5. The van der Waals surface area contributed by atoms with Crippen molar-refractivity contribution in [2.24, 2.45) is 0 Å². The molecule has 0 saturated carbocycles. The molecule has 3 rings (SSSR count). The van der Waals surface area contributed by atoms with Gasteiger partial charge in [-0.2, -0.15) is 4.98 Å². The minimum absolute atomic E-state index is 0.0822. The molecule has 134 valence electrons. The van der Waals surface area contributed by atoms with Gasteiger partial charge >= 0.3 is 0 Å². The summed E-state index contributed by atoms with van der Waals surface area (Å²) in [6, 6.07) is 15.9. The summed E-state index contributed by atoms with van der Waals surface area (Å²) >= 11 is 0. The highest BCUT2D eigenvalue weighted by Crippen LogP contribution is 2.14. The maximum atomic E-state index is 12.4. The van der Waals surface area contributed by atoms with E-state index in [2.05, 4.69) is 20.5 Å². The molecule has 0 atom stereocenters. The van der Waals surface area contributed by atoms with Crippen molar-refractivity contribution >= 4 is 21.7 Å². The van der Waals surface area contributed by atoms with Gasteiger partial charge in [0.1, 0.15) is 0 Å². The molecule has 1 heterocycles. The molecular weight excluding hydrogens is 352 g/mol. The molecule has 1 aromatic heterocycles. The zero-order valence-electron chi connectivity index (χ0n) is 14.1. The van der Waals surface area contributed by atoms with Gasteiger partial charge in [-0.15, -0.1) is 5.10 Å². The van der Waals surface area contributed by atoms with E-state index in [1.54, 1.807) is 36.4 Å². The number of hydrogen-bond donors (Lipinski definition) is 2. The van der Waals surface area contributed by atoms with E-state index in [0.29, 0.717) is 11.1 Å². The lowest BCUT2D eigenvalue weighted by Crippen LogP contribution is -2.13. The van der Waals surface area contributed by atoms with Crippen LogP contribution >= 0.6 is 0 Å². The van der Waals surface area contributed by atoms with E-state index < -0.39 is 15.7 Å². The predicted molar refractivity (Wildman–Crippen MR) is 97.5 cm³/mol. The number of carbonyl (C=O) groups is 1. The van der Waals surface area contributed by atoms with Crippen LogP contribution in [0, 0.1) is 0 Å². The monoisotopic (exact) mass is 370 g/mol. The van der Waals surface area contributed by atoms with E-state index in [-0.39, 0.29) is 16.9 Å². The molecule has 3 aromatic rings. The van der Waals surface area contributed by atoms with Crippen LogP contribution in [0.25, 0.3) is 0 Å². The molecule has 8 heteroatoms. The molecule has 0 aliphatic heterocycles. The molecule has 0 unspecified atom stereocenters. The Morgan fingerprint density at radius 2 is 1.73 bits per heavy atom. The van der Waals surface area contributed by atoms with Gasteiger partial charge in [0.05, 0.1) is 5.75 Å². The third-order valence-electron chi connectivity index (χ3n) is 3.81. The standard InChI is InChI=1S/C18H18N4O3S/c1-2-13-8-10-15(11-9-13)16(23)19-17-20-18(22-21-17)26(24,25)12-14-6-4-3-5-7-14/h3-11H,2,12H2,1H3,(H2,19,20,21,22,23). The van der Waals surface area contributed by atoms with Crippen molar-refractivity contribution in [1.82, 2.24) is 15.2 Å². The molecule has 0 spiro atoms. The van der Waals surface area contributed by atoms with Crippen molar-refractivity contribution in [2.75, 3.05) is 5.32 Å². The van der Waals surface area contributed by atoms with Crippen LogP contribution in [0.4, 0.5) is 5.95 Å². The van der Waals surface area contributed by atoms with Crippen molar-refractivity contribution in [3.8, 4) is 0 Å². The van der Waals surface area contributed by atoms with Crippen LogP contribution in [-0.4, -0.2) is 29.5 Å². The molecular formula is C18H18N4O3S. The Morgan fingerprint density at radius 1 is 1.04 bits per heavy atom. The van der Waals surface area contributed by atoms with Gasteiger partial charge in [0.15, 0.2) is 0 Å². The molecule has 0 bridgehead atoms. The number of anilines is 1. The molecule has 0 aliphatic carbocycles. The molecule has 0 radical (unpaired) electrons. The highest BCUT2D eigenvalue weighted by molar-refractivity contribution is 7.90. The van der Waals surface area contributed by atoms with E-state index in [1.165, 1.54) is 0 Å². The number of nitrogens with one attached hydrogen (secondary N) is 2. The lowest BCUT2D eigenvalue weighted by atomic mass is 10.1. The fraction of sp³-hybridized carbons (Fsp3) is 0.167. The zero-order chi connectivity index (χ0) is 18.6. The molecule has 2 aromatic carbocycles. The molecule has 26 heavy (non-hydrogen) atoms. The normalized spacial score (nSPS) is 11.3. The number of hydrogen-bond acceptors (Lipinski definition) is 5. The lowest BCUT2D eigenvalue weighted by Gasteiger charge is -2.02. The van der Waals surface area contributed by atoms with Crippen molar-refractivity contribution in [3.63, 3.8) is 0 Å². The fourth-order valence-electron chi connectivity index (χ4n) is 2.37. The van der Waals surface area contributed by atoms with Crippen LogP contribution in [0.2, 0.25) is 0 Å². The molecule has 0 aliphatic rings. The van der Waals surface area contributed by atoms with Crippen LogP contribution in [0.5, 0.6) is 0 Å². The van der Waals surface area contributed by atoms with Gasteiger partial charge in [-0.3, -0.25) is 10.1 Å². The van der Waals surface area contributed by atoms with E-state index >= 15 is 0 Å². The van der Waals surface area contributed by atoms with Crippen LogP contribution in [0.1, 0.15) is 28.4 Å². The smallest absolute Gasteiger partial charge is 0.258 e. The highest BCUT2D eigenvalue weighted by atomic mass is 32.2. The van der Waals surface area contributed by atoms with E-state index in [1.807, 2.05) is 25.1 Å². The fourth-order valence-corrected chi connectivity index (χ4v) is 3.55. The first-order valence-electron chi connectivity index (χ1n) is 8.07. The topological polar surface area (TPSA) is 105 Å². The Kier molecular flexibility index (Phi) is 5.13. The second-order valence-corrected chi connectivity index (χ2v) is 7.62. The number of aryl methyl sites for hydroxylation is 1. The van der Waals surface area contributed by atoms with Gasteiger partial charge in [-0.1, -0.05) is 49.4 Å². The second-order valence-electron chi connectivity index (χ2n) is 5.71. The Labute approximate surface area is 151 Å². The van der Waals surface area contributed by atoms with Crippen LogP contribution < -0.4 is 5.32 Å². The van der Waals surface area contributed by atoms with E-state index in [9.17, 15) is 13.2 Å². The van der Waals surface area contributed by atoms with Crippen molar-refractivity contribution < 1.29 is 13.2 Å². The van der Waals surface area contributed by atoms with Crippen molar-refractivity contribution in [2.45, 2.75) is 24.3 Å². The average molecular weight is 370 g/mol. The number of carbonyl (C=O) groups excluding carboxylic acids is 1. The maximum Gasteiger partial charge on any atom is 0.258 e. The zero-order valence-corrected chi connectivity index (χ0v) is 15.0. The summed E-state index contributed by atoms with van der Waals surface area (Å²) in [5.41, 5.74) is 2.21. The number of H-pyrrole nitrogens is 1. The Hall–Kier alpha value is -3.00.